The van der Waals surface area contributed by atoms with Crippen LogP contribution in [0.15, 0.2) is 51.1 Å². The van der Waals surface area contributed by atoms with Gasteiger partial charge in [-0.3, -0.25) is 0 Å². The second-order valence-corrected chi connectivity index (χ2v) is 8.40. The Kier molecular flexibility index (Phi) is 5.01. The molecule has 1 heterocycles. The number of hydrogen-bond donors (Lipinski definition) is 0. The van der Waals surface area contributed by atoms with Gasteiger partial charge in [0.15, 0.2) is 0 Å². The highest BCUT2D eigenvalue weighted by Crippen LogP contribution is 2.27. The van der Waals surface area contributed by atoms with Crippen LogP contribution >= 0.6 is 27.3 Å². The molecule has 0 saturated carbocycles. The van der Waals surface area contributed by atoms with Crippen LogP contribution in [-0.2, 0) is 16.6 Å². The van der Waals surface area contributed by atoms with Gasteiger partial charge >= 0.3 is 0 Å². The molecule has 1 aromatic carbocycles. The van der Waals surface area contributed by atoms with E-state index >= 15 is 0 Å². The molecule has 0 unspecified atom stereocenters. The van der Waals surface area contributed by atoms with Crippen molar-refractivity contribution >= 4 is 37.3 Å². The molecule has 2 rings (SSSR count). The number of nitrogens with zero attached hydrogens (tertiary/aromatic N) is 1. The molecule has 0 N–H and O–H groups in total. The van der Waals surface area contributed by atoms with Gasteiger partial charge in [0.1, 0.15) is 0 Å². The maximum atomic E-state index is 12.8. The van der Waals surface area contributed by atoms with Crippen molar-refractivity contribution in [1.82, 2.24) is 4.31 Å². The molecule has 0 atom stereocenters. The van der Waals surface area contributed by atoms with E-state index in [0.717, 1.165) is 4.88 Å². The lowest BCUT2D eigenvalue weighted by molar-refractivity contribution is 0.350. The Labute approximate surface area is 132 Å². The molecule has 0 amide bonds. The molecule has 2 aromatic rings. The molecule has 0 saturated heterocycles. The zero-order valence-electron chi connectivity index (χ0n) is 11.3. The molecule has 6 heteroatoms. The van der Waals surface area contributed by atoms with Gasteiger partial charge in [-0.05, 0) is 53.4 Å². The number of halogens is 1. The van der Waals surface area contributed by atoms with Crippen LogP contribution in [0.1, 0.15) is 18.7 Å². The quantitative estimate of drug-likeness (QED) is 0.790. The van der Waals surface area contributed by atoms with Gasteiger partial charge in [-0.1, -0.05) is 18.2 Å². The highest BCUT2D eigenvalue weighted by atomic mass is 79.9. The normalized spacial score (nSPS) is 12.2. The Morgan fingerprint density at radius 2 is 1.90 bits per heavy atom. The number of hydrogen-bond acceptors (Lipinski definition) is 3. The summed E-state index contributed by atoms with van der Waals surface area (Å²) in [6.07, 6.45) is 0. The lowest BCUT2D eigenvalue weighted by Crippen LogP contribution is -2.36. The molecule has 0 aliphatic heterocycles. The first-order valence-electron chi connectivity index (χ1n) is 6.21. The van der Waals surface area contributed by atoms with Gasteiger partial charge in [0.2, 0.25) is 10.0 Å². The fourth-order valence-corrected chi connectivity index (χ4v) is 5.25. The summed E-state index contributed by atoms with van der Waals surface area (Å²) in [6, 6.07) is 10.7. The lowest BCUT2D eigenvalue weighted by Gasteiger charge is -2.25. The topological polar surface area (TPSA) is 37.4 Å². The van der Waals surface area contributed by atoms with E-state index in [9.17, 15) is 8.42 Å². The first-order valence-corrected chi connectivity index (χ1v) is 9.33. The molecule has 3 nitrogen and oxygen atoms in total. The van der Waals surface area contributed by atoms with Crippen molar-refractivity contribution in [3.8, 4) is 0 Å². The average Bonchev–Trinajstić information content (AvgIpc) is 2.88. The van der Waals surface area contributed by atoms with E-state index in [4.69, 9.17) is 0 Å². The summed E-state index contributed by atoms with van der Waals surface area (Å²) in [4.78, 5) is 1.35. The molecule has 0 bridgehead atoms. The smallest absolute Gasteiger partial charge is 0.207 e. The summed E-state index contributed by atoms with van der Waals surface area (Å²) in [5.74, 6) is 0. The van der Waals surface area contributed by atoms with E-state index < -0.39 is 10.0 Å². The van der Waals surface area contributed by atoms with Crippen molar-refractivity contribution < 1.29 is 8.42 Å². The van der Waals surface area contributed by atoms with E-state index in [1.807, 2.05) is 37.4 Å². The fourth-order valence-electron chi connectivity index (χ4n) is 1.88. The van der Waals surface area contributed by atoms with Crippen molar-refractivity contribution in [2.75, 3.05) is 0 Å². The second kappa shape index (κ2) is 6.39. The lowest BCUT2D eigenvalue weighted by atomic mass is 10.4. The fraction of sp³-hybridized carbons (Fsp3) is 0.286. The number of sulfonamides is 1. The minimum atomic E-state index is -3.51. The van der Waals surface area contributed by atoms with Gasteiger partial charge in [-0.2, -0.15) is 4.31 Å². The zero-order valence-corrected chi connectivity index (χ0v) is 14.5. The first-order chi connectivity index (χ1) is 9.43. The summed E-state index contributed by atoms with van der Waals surface area (Å²) in [6.45, 7) is 4.18. The molecule has 0 radical (unpaired) electrons. The Hall–Kier alpha value is -0.690. The molecule has 108 valence electrons. The molecule has 20 heavy (non-hydrogen) atoms. The molecule has 0 aliphatic rings. The predicted octanol–water partition coefficient (Wildman–Crippen LogP) is 4.11. The van der Waals surface area contributed by atoms with Crippen molar-refractivity contribution in [3.63, 3.8) is 0 Å². The van der Waals surface area contributed by atoms with Crippen LogP contribution in [-0.4, -0.2) is 18.8 Å². The maximum absolute atomic E-state index is 12.8. The zero-order chi connectivity index (χ0) is 14.8. The van der Waals surface area contributed by atoms with Crippen LogP contribution in [0.5, 0.6) is 0 Å². The van der Waals surface area contributed by atoms with Gasteiger partial charge in [-0.25, -0.2) is 8.42 Å². The largest absolute Gasteiger partial charge is 0.244 e. The van der Waals surface area contributed by atoms with Gasteiger partial charge in [0.05, 0.1) is 4.90 Å². The number of thiophene rings is 1. The first kappa shape index (κ1) is 15.7. The van der Waals surface area contributed by atoms with E-state index in [1.54, 1.807) is 29.5 Å². The summed E-state index contributed by atoms with van der Waals surface area (Å²) >= 11 is 4.89. The molecular formula is C14H16BrNO2S2. The van der Waals surface area contributed by atoms with Crippen LogP contribution in [0.25, 0.3) is 0 Å². The van der Waals surface area contributed by atoms with Crippen molar-refractivity contribution in [2.24, 2.45) is 0 Å². The second-order valence-electron chi connectivity index (χ2n) is 4.65. The molecule has 0 aliphatic carbocycles. The monoisotopic (exact) mass is 373 g/mol. The van der Waals surface area contributed by atoms with E-state index in [2.05, 4.69) is 15.9 Å². The summed E-state index contributed by atoms with van der Waals surface area (Å²) in [5.41, 5.74) is 0. The van der Waals surface area contributed by atoms with Gasteiger partial charge in [0, 0.05) is 21.9 Å². The average molecular weight is 374 g/mol. The standard InChI is InChI=1S/C14H16BrNO2S2/c1-11(2)16(10-12-6-5-9-19-12)20(17,18)14-8-4-3-7-13(14)15/h3-9,11H,10H2,1-2H3. The third-order valence-electron chi connectivity index (χ3n) is 2.89. The molecular weight excluding hydrogens is 358 g/mol. The summed E-state index contributed by atoms with van der Waals surface area (Å²) < 4.78 is 27.8. The number of rotatable bonds is 5. The number of benzene rings is 1. The summed E-state index contributed by atoms with van der Waals surface area (Å²) in [5, 5.41) is 1.96. The molecule has 0 spiro atoms. The Morgan fingerprint density at radius 1 is 1.20 bits per heavy atom. The predicted molar refractivity (Wildman–Crippen MR) is 86.3 cm³/mol. The van der Waals surface area contributed by atoms with E-state index in [1.165, 1.54) is 4.31 Å². The molecule has 0 fully saturated rings. The van der Waals surface area contributed by atoms with E-state index in [0.29, 0.717) is 15.9 Å². The van der Waals surface area contributed by atoms with Crippen molar-refractivity contribution in [2.45, 2.75) is 31.3 Å². The van der Waals surface area contributed by atoms with Gasteiger partial charge in [0.25, 0.3) is 0 Å². The Morgan fingerprint density at radius 3 is 2.45 bits per heavy atom. The molecule has 1 aromatic heterocycles. The van der Waals surface area contributed by atoms with Crippen LogP contribution in [0.2, 0.25) is 0 Å². The highest BCUT2D eigenvalue weighted by Gasteiger charge is 2.28. The maximum Gasteiger partial charge on any atom is 0.244 e. The third-order valence-corrected chi connectivity index (χ3v) is 6.79. The van der Waals surface area contributed by atoms with E-state index in [-0.39, 0.29) is 6.04 Å². The SMILES string of the molecule is CC(C)N(Cc1cccs1)S(=O)(=O)c1ccccc1Br. The minimum absolute atomic E-state index is 0.103. The third kappa shape index (κ3) is 3.31. The van der Waals surface area contributed by atoms with Crippen LogP contribution in [0.4, 0.5) is 0 Å². The van der Waals surface area contributed by atoms with Crippen molar-refractivity contribution in [3.05, 3.63) is 51.1 Å². The Balaban J connectivity index is 2.40. The van der Waals surface area contributed by atoms with Gasteiger partial charge in [-0.15, -0.1) is 11.3 Å². The summed E-state index contributed by atoms with van der Waals surface area (Å²) in [7, 11) is -3.51. The van der Waals surface area contributed by atoms with Crippen LogP contribution in [0, 0.1) is 0 Å². The van der Waals surface area contributed by atoms with Gasteiger partial charge < -0.3 is 0 Å². The Bertz CT molecular complexity index is 666. The van der Waals surface area contributed by atoms with Crippen LogP contribution in [0.3, 0.4) is 0 Å². The highest BCUT2D eigenvalue weighted by molar-refractivity contribution is 9.10. The van der Waals surface area contributed by atoms with Crippen molar-refractivity contribution in [1.29, 1.82) is 0 Å². The minimum Gasteiger partial charge on any atom is -0.207 e. The van der Waals surface area contributed by atoms with Crippen LogP contribution < -0.4 is 0 Å².